The van der Waals surface area contributed by atoms with Gasteiger partial charge in [0.1, 0.15) is 18.1 Å². The van der Waals surface area contributed by atoms with E-state index in [9.17, 15) is 19.2 Å². The van der Waals surface area contributed by atoms with Gasteiger partial charge in [-0.15, -0.1) is 0 Å². The second-order valence-electron chi connectivity index (χ2n) is 9.70. The van der Waals surface area contributed by atoms with Gasteiger partial charge in [-0.25, -0.2) is 4.79 Å². The van der Waals surface area contributed by atoms with Crippen LogP contribution >= 0.6 is 0 Å². The molecule has 8 nitrogen and oxygen atoms in total. The number of allylic oxidation sites excluding steroid dienone is 2. The summed E-state index contributed by atoms with van der Waals surface area (Å²) in [5.74, 6) is -0.612. The van der Waals surface area contributed by atoms with Gasteiger partial charge < -0.3 is 19.5 Å². The second-order valence-corrected chi connectivity index (χ2v) is 9.70. The number of ketones is 1. The molecule has 1 saturated heterocycles. The maximum atomic E-state index is 13.0. The minimum atomic E-state index is -0.860. The fourth-order valence-corrected chi connectivity index (χ4v) is 5.05. The number of rotatable bonds is 12. The first-order chi connectivity index (χ1) is 17.2. The van der Waals surface area contributed by atoms with Crippen molar-refractivity contribution in [1.29, 1.82) is 0 Å². The summed E-state index contributed by atoms with van der Waals surface area (Å²) in [6.07, 6.45) is 7.17. The van der Waals surface area contributed by atoms with E-state index in [1.165, 1.54) is 0 Å². The third-order valence-electron chi connectivity index (χ3n) is 7.11. The van der Waals surface area contributed by atoms with E-state index >= 15 is 0 Å². The lowest BCUT2D eigenvalue weighted by molar-refractivity contribution is -0.137. The number of fused-ring (bicyclic) bond motifs is 1. The predicted molar refractivity (Wildman–Crippen MR) is 134 cm³/mol. The summed E-state index contributed by atoms with van der Waals surface area (Å²) >= 11 is 0. The zero-order valence-electron chi connectivity index (χ0n) is 21.6. The van der Waals surface area contributed by atoms with Gasteiger partial charge >= 0.3 is 11.9 Å². The van der Waals surface area contributed by atoms with E-state index in [0.717, 1.165) is 54.6 Å². The molecule has 2 heterocycles. The van der Waals surface area contributed by atoms with E-state index < -0.39 is 11.9 Å². The van der Waals surface area contributed by atoms with E-state index in [-0.39, 0.29) is 37.6 Å². The zero-order chi connectivity index (χ0) is 26.2. The first kappa shape index (κ1) is 27.4. The van der Waals surface area contributed by atoms with Gasteiger partial charge in [-0.05, 0) is 63.5 Å². The lowest BCUT2D eigenvalue weighted by atomic mass is 9.87. The van der Waals surface area contributed by atoms with Gasteiger partial charge in [0.15, 0.2) is 0 Å². The van der Waals surface area contributed by atoms with Crippen molar-refractivity contribution in [1.82, 2.24) is 4.90 Å². The normalized spacial score (nSPS) is 15.5. The van der Waals surface area contributed by atoms with Crippen LogP contribution in [0, 0.1) is 6.92 Å². The Balaban J connectivity index is 1.79. The number of esters is 1. The number of carbonyl (C=O) groups excluding carboxylic acids is 3. The van der Waals surface area contributed by atoms with Crippen molar-refractivity contribution in [3.8, 4) is 5.75 Å². The summed E-state index contributed by atoms with van der Waals surface area (Å²) < 4.78 is 11.0. The van der Waals surface area contributed by atoms with E-state index in [1.54, 1.807) is 7.11 Å². The topological polar surface area (TPSA) is 110 Å². The number of aliphatic carboxylic acids is 1. The van der Waals surface area contributed by atoms with Gasteiger partial charge in [-0.1, -0.05) is 11.6 Å². The summed E-state index contributed by atoms with van der Waals surface area (Å²) in [5, 5.41) is 8.96. The van der Waals surface area contributed by atoms with Gasteiger partial charge in [-0.3, -0.25) is 14.4 Å². The lowest BCUT2D eigenvalue weighted by Crippen LogP contribution is -2.35. The molecule has 0 spiro atoms. The fraction of sp³-hybridized carbons (Fsp3) is 0.571. The van der Waals surface area contributed by atoms with E-state index in [2.05, 4.69) is 0 Å². The smallest absolute Gasteiger partial charge is 0.339 e. The highest BCUT2D eigenvalue weighted by molar-refractivity contribution is 5.98. The van der Waals surface area contributed by atoms with Crippen molar-refractivity contribution in [2.24, 2.45) is 0 Å². The average Bonchev–Trinajstić information content (AvgIpc) is 3.25. The molecule has 0 saturated carbocycles. The molecule has 2 aliphatic heterocycles. The van der Waals surface area contributed by atoms with Gasteiger partial charge in [0.05, 0.1) is 12.7 Å². The number of hydrogen-bond acceptors (Lipinski definition) is 6. The van der Waals surface area contributed by atoms with Crippen LogP contribution in [0.4, 0.5) is 0 Å². The zero-order valence-corrected chi connectivity index (χ0v) is 21.6. The van der Waals surface area contributed by atoms with Gasteiger partial charge in [-0.2, -0.15) is 0 Å². The number of carbonyl (C=O) groups is 4. The highest BCUT2D eigenvalue weighted by atomic mass is 16.5. The minimum absolute atomic E-state index is 0.0382. The van der Waals surface area contributed by atoms with Crippen LogP contribution in [0.5, 0.6) is 5.75 Å². The summed E-state index contributed by atoms with van der Waals surface area (Å²) in [6.45, 7) is 5.49. The molecule has 0 aliphatic carbocycles. The molecule has 0 bridgehead atoms. The van der Waals surface area contributed by atoms with Crippen LogP contribution in [0.3, 0.4) is 0 Å². The molecular formula is C28H37NO7. The number of piperidine rings is 1. The molecular weight excluding hydrogens is 462 g/mol. The van der Waals surface area contributed by atoms with E-state index in [1.807, 2.05) is 24.8 Å². The number of carboxylic acid groups (broad SMARTS) is 1. The molecule has 0 aromatic heterocycles. The summed E-state index contributed by atoms with van der Waals surface area (Å²) in [4.78, 5) is 50.9. The lowest BCUT2D eigenvalue weighted by Gasteiger charge is -2.26. The number of methoxy groups -OCH3 is 1. The van der Waals surface area contributed by atoms with Crippen LogP contribution in [0.15, 0.2) is 11.6 Å². The van der Waals surface area contributed by atoms with Crippen LogP contribution in [-0.2, 0) is 38.6 Å². The molecule has 2 aliphatic rings. The number of nitrogens with zero attached hydrogens (tertiary/aromatic N) is 1. The monoisotopic (exact) mass is 499 g/mol. The van der Waals surface area contributed by atoms with E-state index in [0.29, 0.717) is 42.6 Å². The highest BCUT2D eigenvalue weighted by Gasteiger charge is 2.32. The number of ether oxygens (including phenoxy) is 2. The first-order valence-corrected chi connectivity index (χ1v) is 12.8. The number of cyclic esters (lactones) is 1. The molecule has 1 fully saturated rings. The van der Waals surface area contributed by atoms with Crippen LogP contribution in [0.1, 0.15) is 90.9 Å². The second kappa shape index (κ2) is 12.7. The highest BCUT2D eigenvalue weighted by Crippen LogP contribution is 2.39. The first-order valence-electron chi connectivity index (χ1n) is 12.8. The Bertz CT molecular complexity index is 1050. The van der Waals surface area contributed by atoms with Crippen molar-refractivity contribution < 1.29 is 33.8 Å². The Kier molecular flexibility index (Phi) is 9.67. The maximum Gasteiger partial charge on any atom is 0.339 e. The summed E-state index contributed by atoms with van der Waals surface area (Å²) in [6, 6.07) is 0. The van der Waals surface area contributed by atoms with Crippen molar-refractivity contribution in [2.45, 2.75) is 84.7 Å². The molecule has 0 radical (unpaired) electrons. The van der Waals surface area contributed by atoms with Crippen molar-refractivity contribution in [3.05, 3.63) is 39.5 Å². The van der Waals surface area contributed by atoms with Crippen LogP contribution < -0.4 is 4.74 Å². The van der Waals surface area contributed by atoms with Crippen LogP contribution in [0.25, 0.3) is 0 Å². The minimum Gasteiger partial charge on any atom is -0.496 e. The predicted octanol–water partition coefficient (Wildman–Crippen LogP) is 4.32. The standard InChI is InChI=1S/C28H37NO7/c1-18(11-13-25(32)33)10-12-21-22(26-23(17-36-28(26)34)19(2)27(21)35-3)16-20(30)8-7-9-24(31)29-14-5-4-6-15-29/h10H,4-9,11-17H2,1-3H3,(H,32,33)/b18-10+. The molecule has 0 atom stereocenters. The fourth-order valence-electron chi connectivity index (χ4n) is 5.05. The molecule has 8 heteroatoms. The quantitative estimate of drug-likeness (QED) is 0.337. The molecule has 0 unspecified atom stereocenters. The molecule has 3 rings (SSSR count). The molecule has 196 valence electrons. The third kappa shape index (κ3) is 6.74. The van der Waals surface area contributed by atoms with Gasteiger partial charge in [0, 0.05) is 49.9 Å². The Morgan fingerprint density at radius 2 is 1.78 bits per heavy atom. The number of likely N-dealkylation sites (tertiary alicyclic amines) is 1. The summed E-state index contributed by atoms with van der Waals surface area (Å²) in [7, 11) is 1.56. The molecule has 1 aromatic carbocycles. The SMILES string of the molecule is COc1c(C)c2c(c(CC(=O)CCCC(=O)N3CCCCC3)c1C/C=C(\C)CCC(=O)O)C(=O)OC2. The van der Waals surface area contributed by atoms with Crippen molar-refractivity contribution >= 4 is 23.6 Å². The van der Waals surface area contributed by atoms with Crippen molar-refractivity contribution in [2.75, 3.05) is 20.2 Å². The van der Waals surface area contributed by atoms with Gasteiger partial charge in [0.25, 0.3) is 0 Å². The third-order valence-corrected chi connectivity index (χ3v) is 7.11. The number of hydrogen-bond donors (Lipinski definition) is 1. The van der Waals surface area contributed by atoms with Gasteiger partial charge in [0.2, 0.25) is 5.91 Å². The molecule has 1 amide bonds. The molecule has 1 aromatic rings. The number of Topliss-reactive ketones (excluding diaryl/α,β-unsaturated/α-hetero) is 1. The maximum absolute atomic E-state index is 13.0. The molecule has 36 heavy (non-hydrogen) atoms. The van der Waals surface area contributed by atoms with Crippen LogP contribution in [0.2, 0.25) is 0 Å². The Morgan fingerprint density at radius 1 is 1.06 bits per heavy atom. The Labute approximate surface area is 212 Å². The Hall–Kier alpha value is -3.16. The summed E-state index contributed by atoms with van der Waals surface area (Å²) in [5.41, 5.74) is 4.28. The molecule has 1 N–H and O–H groups in total. The largest absolute Gasteiger partial charge is 0.496 e. The van der Waals surface area contributed by atoms with Crippen molar-refractivity contribution in [3.63, 3.8) is 0 Å². The Morgan fingerprint density at radius 3 is 2.44 bits per heavy atom. The number of benzene rings is 1. The average molecular weight is 500 g/mol. The van der Waals surface area contributed by atoms with Crippen LogP contribution in [-0.4, -0.2) is 53.8 Å². The van der Waals surface area contributed by atoms with E-state index in [4.69, 9.17) is 14.6 Å². The number of amides is 1. The number of carboxylic acids is 1.